The third-order valence-electron chi connectivity index (χ3n) is 16.0. The molecule has 8 aliphatic rings. The van der Waals surface area contributed by atoms with Crippen molar-refractivity contribution in [2.75, 3.05) is 56.0 Å². The number of benzene rings is 1. The Balaban J connectivity index is 0.660. The Hall–Kier alpha value is -5.58. The molecule has 12 rings (SSSR count). The first kappa shape index (κ1) is 41.1. The molecule has 4 aliphatic carbocycles. The van der Waals surface area contributed by atoms with Crippen molar-refractivity contribution in [1.29, 1.82) is 0 Å². The summed E-state index contributed by atoms with van der Waals surface area (Å²) in [6.07, 6.45) is 13.0. The van der Waals surface area contributed by atoms with E-state index in [0.717, 1.165) is 88.3 Å². The van der Waals surface area contributed by atoms with Gasteiger partial charge in [-0.2, -0.15) is 4.98 Å². The molecule has 0 radical (unpaired) electrons. The van der Waals surface area contributed by atoms with Crippen molar-refractivity contribution < 1.29 is 24.3 Å². The first-order valence-corrected chi connectivity index (χ1v) is 23.2. The van der Waals surface area contributed by atoms with Gasteiger partial charge in [-0.3, -0.25) is 38.8 Å². The van der Waals surface area contributed by atoms with E-state index in [0.29, 0.717) is 70.7 Å². The van der Waals surface area contributed by atoms with Gasteiger partial charge in [0.05, 0.1) is 23.0 Å². The van der Waals surface area contributed by atoms with Gasteiger partial charge in [0.2, 0.25) is 17.8 Å². The Kier molecular flexibility index (Phi) is 9.81. The van der Waals surface area contributed by atoms with Crippen LogP contribution in [0.3, 0.4) is 0 Å². The lowest BCUT2D eigenvalue weighted by molar-refractivity contribution is -0.231. The summed E-state index contributed by atoms with van der Waals surface area (Å²) >= 11 is 0. The highest BCUT2D eigenvalue weighted by atomic mass is 16.3. The molecule has 4 aliphatic heterocycles. The number of rotatable bonds is 10. The second-order valence-corrected chi connectivity index (χ2v) is 19.9. The van der Waals surface area contributed by atoms with Crippen LogP contribution in [0, 0.1) is 12.3 Å². The molecule has 334 valence electrons. The van der Waals surface area contributed by atoms with Crippen molar-refractivity contribution in [2.24, 2.45) is 5.41 Å². The SMILES string of the molecule is CC(=O)c1c(C)c2cnc(Nc3ccc(N4CCN(C56CC(CN7CCC(O)(c8ccc9c(c8)CN(C8CCC(=O)NC8=O)C9=O)CC7)(C5)C6)CC4)cn3)nc2n(C2CCCC2)c1=O. The van der Waals surface area contributed by atoms with E-state index in [9.17, 15) is 29.1 Å². The standard InChI is InChI=1S/C48H56N10O6/c1-29-36-23-50-45(53-41(36)58(33-5-3-4-6-33)44(63)40(29)30(2)59)51-38-11-8-34(22-49-38)55-17-19-56(20-18-55)47-25-46(26-47,27-47)28-54-15-13-48(64,14-16-54)32-7-9-35-31(21-32)24-57(43(35)62)37-10-12-39(60)52-42(37)61/h7-9,11,21-23,33,37,64H,3-6,10,12-20,24-28H2,1-2H3,(H,52,60,61)(H,49,50,51,53). The predicted octanol–water partition coefficient (Wildman–Crippen LogP) is 4.35. The van der Waals surface area contributed by atoms with Crippen LogP contribution in [0.4, 0.5) is 17.5 Å². The number of likely N-dealkylation sites (tertiary alicyclic amines) is 1. The summed E-state index contributed by atoms with van der Waals surface area (Å²) in [4.78, 5) is 86.8. The van der Waals surface area contributed by atoms with E-state index in [1.807, 2.05) is 24.4 Å². The molecular formula is C48H56N10O6. The summed E-state index contributed by atoms with van der Waals surface area (Å²) in [5, 5.41) is 18.2. The number of ketones is 1. The molecule has 0 spiro atoms. The van der Waals surface area contributed by atoms with Crippen molar-refractivity contribution in [3.63, 3.8) is 0 Å². The fourth-order valence-electron chi connectivity index (χ4n) is 12.7. The molecule has 16 heteroatoms. The molecule has 3 amide bonds. The van der Waals surface area contributed by atoms with Crippen molar-refractivity contribution >= 4 is 52.0 Å². The fourth-order valence-corrected chi connectivity index (χ4v) is 12.7. The fraction of sp³-hybridized carbons (Fsp3) is 0.542. The highest BCUT2D eigenvalue weighted by Gasteiger charge is 2.70. The maximum absolute atomic E-state index is 13.6. The molecule has 4 aromatic rings. The second-order valence-electron chi connectivity index (χ2n) is 19.9. The molecule has 64 heavy (non-hydrogen) atoms. The van der Waals surface area contributed by atoms with E-state index in [4.69, 9.17) is 9.97 Å². The quantitative estimate of drug-likeness (QED) is 0.151. The molecule has 7 fully saturated rings. The summed E-state index contributed by atoms with van der Waals surface area (Å²) in [6.45, 7) is 10.2. The Morgan fingerprint density at radius 3 is 2.36 bits per heavy atom. The number of anilines is 3. The van der Waals surface area contributed by atoms with Crippen molar-refractivity contribution in [3.05, 3.63) is 80.9 Å². The number of amides is 3. The van der Waals surface area contributed by atoms with Gasteiger partial charge in [-0.15, -0.1) is 0 Å². The largest absolute Gasteiger partial charge is 0.385 e. The molecular weight excluding hydrogens is 813 g/mol. The molecule has 3 N–H and O–H groups in total. The summed E-state index contributed by atoms with van der Waals surface area (Å²) < 4.78 is 1.73. The van der Waals surface area contributed by atoms with Gasteiger partial charge in [0.1, 0.15) is 17.5 Å². The van der Waals surface area contributed by atoms with Crippen LogP contribution >= 0.6 is 0 Å². The van der Waals surface area contributed by atoms with E-state index < -0.39 is 17.6 Å². The number of nitrogens with zero attached hydrogens (tertiary/aromatic N) is 8. The van der Waals surface area contributed by atoms with Crippen LogP contribution in [-0.4, -0.2) is 120 Å². The number of piperazine rings is 1. The number of fused-ring (bicyclic) bond motifs is 2. The van der Waals surface area contributed by atoms with Crippen LogP contribution in [0.1, 0.15) is 121 Å². The van der Waals surface area contributed by atoms with E-state index in [-0.39, 0.29) is 41.2 Å². The van der Waals surface area contributed by atoms with Gasteiger partial charge in [-0.1, -0.05) is 25.0 Å². The average Bonchev–Trinajstić information content (AvgIpc) is 3.90. The lowest BCUT2D eigenvalue weighted by Gasteiger charge is -2.75. The number of pyridine rings is 2. The first-order chi connectivity index (χ1) is 30.8. The van der Waals surface area contributed by atoms with Gasteiger partial charge in [0, 0.05) is 87.5 Å². The summed E-state index contributed by atoms with van der Waals surface area (Å²) in [5.74, 6) is -0.174. The Labute approximate surface area is 371 Å². The van der Waals surface area contributed by atoms with E-state index >= 15 is 0 Å². The molecule has 3 aromatic heterocycles. The van der Waals surface area contributed by atoms with Gasteiger partial charge >= 0.3 is 0 Å². The highest BCUT2D eigenvalue weighted by molar-refractivity contribution is 6.05. The minimum atomic E-state index is -0.959. The summed E-state index contributed by atoms with van der Waals surface area (Å²) in [6, 6.07) is 9.02. The minimum Gasteiger partial charge on any atom is -0.385 e. The Morgan fingerprint density at radius 2 is 1.67 bits per heavy atom. The number of aromatic nitrogens is 4. The van der Waals surface area contributed by atoms with E-state index in [1.54, 1.807) is 28.7 Å². The maximum Gasteiger partial charge on any atom is 0.263 e. The second kappa shape index (κ2) is 15.3. The summed E-state index contributed by atoms with van der Waals surface area (Å²) in [5.41, 5.74) is 4.16. The number of nitrogens with one attached hydrogen (secondary N) is 2. The maximum atomic E-state index is 13.6. The van der Waals surface area contributed by atoms with Crippen LogP contribution in [-0.2, 0) is 21.7 Å². The minimum absolute atomic E-state index is 0.0141. The number of piperidine rings is 2. The molecule has 1 atom stereocenters. The highest BCUT2D eigenvalue weighted by Crippen LogP contribution is 2.70. The first-order valence-electron chi connectivity index (χ1n) is 23.2. The third kappa shape index (κ3) is 6.82. The zero-order chi connectivity index (χ0) is 44.1. The van der Waals surface area contributed by atoms with Gasteiger partial charge in [0.15, 0.2) is 5.78 Å². The van der Waals surface area contributed by atoms with E-state index in [2.05, 4.69) is 36.4 Å². The summed E-state index contributed by atoms with van der Waals surface area (Å²) in [7, 11) is 0. The normalized spacial score (nSPS) is 27.0. The number of aliphatic hydroxyl groups is 1. The van der Waals surface area contributed by atoms with E-state index in [1.165, 1.54) is 26.2 Å². The molecule has 3 saturated heterocycles. The van der Waals surface area contributed by atoms with Gasteiger partial charge < -0.3 is 25.1 Å². The average molecular weight is 869 g/mol. The Bertz CT molecular complexity index is 2640. The monoisotopic (exact) mass is 868 g/mol. The molecule has 4 saturated carbocycles. The number of hydrogen-bond donors (Lipinski definition) is 3. The molecule has 2 bridgehead atoms. The van der Waals surface area contributed by atoms with Crippen LogP contribution in [0.5, 0.6) is 0 Å². The number of carbonyl (C=O) groups is 4. The zero-order valence-electron chi connectivity index (χ0n) is 36.7. The smallest absolute Gasteiger partial charge is 0.263 e. The van der Waals surface area contributed by atoms with Gasteiger partial charge in [-0.25, -0.2) is 9.97 Å². The predicted molar refractivity (Wildman–Crippen MR) is 238 cm³/mol. The van der Waals surface area contributed by atoms with Crippen molar-refractivity contribution in [3.8, 4) is 0 Å². The molecule has 7 heterocycles. The lowest BCUT2D eigenvalue weighted by Crippen LogP contribution is -2.78. The van der Waals surface area contributed by atoms with Crippen molar-refractivity contribution in [2.45, 2.75) is 114 Å². The van der Waals surface area contributed by atoms with Crippen molar-refractivity contribution in [1.82, 2.24) is 39.5 Å². The molecule has 16 nitrogen and oxygen atoms in total. The number of aryl methyl sites for hydroxylation is 1. The number of carbonyl (C=O) groups excluding carboxylic acids is 4. The zero-order valence-corrected chi connectivity index (χ0v) is 36.7. The van der Waals surface area contributed by atoms with Gasteiger partial charge in [-0.05, 0) is 106 Å². The number of imide groups is 1. The number of Topliss-reactive ketones (excluding diaryl/α,β-unsaturated/α-hetero) is 1. The third-order valence-corrected chi connectivity index (χ3v) is 16.0. The van der Waals surface area contributed by atoms with Crippen LogP contribution in [0.15, 0.2) is 47.5 Å². The van der Waals surface area contributed by atoms with Crippen LogP contribution in [0.2, 0.25) is 0 Å². The van der Waals surface area contributed by atoms with Gasteiger partial charge in [0.25, 0.3) is 11.5 Å². The van der Waals surface area contributed by atoms with Crippen LogP contribution in [0.25, 0.3) is 11.0 Å². The number of hydrogen-bond acceptors (Lipinski definition) is 13. The topological polar surface area (TPSA) is 186 Å². The molecule has 1 unspecified atom stereocenters. The molecule has 1 aromatic carbocycles. The lowest BCUT2D eigenvalue weighted by atomic mass is 9.38. The Morgan fingerprint density at radius 1 is 0.922 bits per heavy atom. The van der Waals surface area contributed by atoms with Crippen LogP contribution < -0.4 is 21.1 Å².